The van der Waals surface area contributed by atoms with Crippen molar-refractivity contribution in [1.82, 2.24) is 20.1 Å². The number of hydrogen-bond donors (Lipinski definition) is 1. The SMILES string of the molecule is CCNC(=NCCc1ncc(C)s1)N(C)CC(=O)N(CC)CC. The van der Waals surface area contributed by atoms with Crippen LogP contribution in [0.2, 0.25) is 0 Å². The zero-order chi connectivity index (χ0) is 17.2. The largest absolute Gasteiger partial charge is 0.357 e. The van der Waals surface area contributed by atoms with Gasteiger partial charge in [0.15, 0.2) is 5.96 Å². The zero-order valence-electron chi connectivity index (χ0n) is 14.9. The molecule has 0 unspecified atom stereocenters. The van der Waals surface area contributed by atoms with E-state index in [1.807, 2.05) is 43.8 Å². The second-order valence-corrected chi connectivity index (χ2v) is 6.59. The molecule has 1 aromatic heterocycles. The number of aryl methyl sites for hydroxylation is 1. The van der Waals surface area contributed by atoms with Gasteiger partial charge in [0.05, 0.1) is 11.6 Å². The zero-order valence-corrected chi connectivity index (χ0v) is 15.7. The quantitative estimate of drug-likeness (QED) is 0.579. The first-order valence-electron chi connectivity index (χ1n) is 8.20. The van der Waals surface area contributed by atoms with E-state index in [4.69, 9.17) is 0 Å². The Morgan fingerprint density at radius 1 is 1.35 bits per heavy atom. The number of nitrogens with zero attached hydrogens (tertiary/aromatic N) is 4. The molecule has 130 valence electrons. The summed E-state index contributed by atoms with van der Waals surface area (Å²) < 4.78 is 0. The minimum Gasteiger partial charge on any atom is -0.357 e. The third-order valence-electron chi connectivity index (χ3n) is 3.44. The number of carbonyl (C=O) groups is 1. The number of likely N-dealkylation sites (N-methyl/N-ethyl adjacent to an activating group) is 2. The lowest BCUT2D eigenvalue weighted by Gasteiger charge is -2.25. The highest BCUT2D eigenvalue weighted by atomic mass is 32.1. The van der Waals surface area contributed by atoms with Gasteiger partial charge in [0.2, 0.25) is 5.91 Å². The van der Waals surface area contributed by atoms with Gasteiger partial charge in [-0.2, -0.15) is 0 Å². The number of amides is 1. The summed E-state index contributed by atoms with van der Waals surface area (Å²) in [4.78, 5) is 26.1. The molecule has 0 aliphatic heterocycles. The molecular weight excluding hydrogens is 310 g/mol. The molecule has 0 saturated carbocycles. The molecular formula is C16H29N5OS. The van der Waals surface area contributed by atoms with E-state index >= 15 is 0 Å². The lowest BCUT2D eigenvalue weighted by Crippen LogP contribution is -2.45. The number of carbonyl (C=O) groups excluding carboxylic acids is 1. The first-order valence-corrected chi connectivity index (χ1v) is 9.01. The fraction of sp³-hybridized carbons (Fsp3) is 0.688. The van der Waals surface area contributed by atoms with Gasteiger partial charge < -0.3 is 15.1 Å². The van der Waals surface area contributed by atoms with Crippen molar-refractivity contribution >= 4 is 23.2 Å². The van der Waals surface area contributed by atoms with Gasteiger partial charge in [-0.15, -0.1) is 11.3 Å². The van der Waals surface area contributed by atoms with Gasteiger partial charge in [0.25, 0.3) is 0 Å². The minimum atomic E-state index is 0.124. The van der Waals surface area contributed by atoms with Crippen molar-refractivity contribution < 1.29 is 4.79 Å². The third kappa shape index (κ3) is 6.56. The van der Waals surface area contributed by atoms with Crippen molar-refractivity contribution in [2.24, 2.45) is 4.99 Å². The predicted molar refractivity (Wildman–Crippen MR) is 97.1 cm³/mol. The Hall–Kier alpha value is -1.63. The van der Waals surface area contributed by atoms with E-state index in [0.29, 0.717) is 13.1 Å². The molecule has 1 heterocycles. The summed E-state index contributed by atoms with van der Waals surface area (Å²) in [5.41, 5.74) is 0. The molecule has 1 aromatic rings. The summed E-state index contributed by atoms with van der Waals surface area (Å²) in [7, 11) is 1.90. The van der Waals surface area contributed by atoms with Crippen LogP contribution in [-0.2, 0) is 11.2 Å². The van der Waals surface area contributed by atoms with Crippen molar-refractivity contribution in [3.8, 4) is 0 Å². The average Bonchev–Trinajstić information content (AvgIpc) is 2.93. The number of aromatic nitrogens is 1. The molecule has 0 spiro atoms. The highest BCUT2D eigenvalue weighted by molar-refractivity contribution is 7.11. The van der Waals surface area contributed by atoms with E-state index < -0.39 is 0 Å². The van der Waals surface area contributed by atoms with E-state index in [-0.39, 0.29) is 5.91 Å². The number of rotatable bonds is 8. The molecule has 0 aromatic carbocycles. The molecule has 0 aliphatic rings. The summed E-state index contributed by atoms with van der Waals surface area (Å²) >= 11 is 1.71. The van der Waals surface area contributed by atoms with Gasteiger partial charge in [-0.1, -0.05) is 0 Å². The molecule has 23 heavy (non-hydrogen) atoms. The summed E-state index contributed by atoms with van der Waals surface area (Å²) in [5.74, 6) is 0.889. The van der Waals surface area contributed by atoms with Gasteiger partial charge >= 0.3 is 0 Å². The van der Waals surface area contributed by atoms with Crippen LogP contribution in [-0.4, -0.2) is 66.4 Å². The van der Waals surface area contributed by atoms with Crippen molar-refractivity contribution in [2.45, 2.75) is 34.1 Å². The first-order chi connectivity index (χ1) is 11.0. The molecule has 0 radical (unpaired) electrons. The fourth-order valence-electron chi connectivity index (χ4n) is 2.20. The molecule has 7 heteroatoms. The second kappa shape index (κ2) is 10.2. The molecule has 0 fully saturated rings. The van der Waals surface area contributed by atoms with Gasteiger partial charge in [0.1, 0.15) is 0 Å². The van der Waals surface area contributed by atoms with E-state index in [0.717, 1.165) is 37.0 Å². The van der Waals surface area contributed by atoms with Gasteiger partial charge in [-0.25, -0.2) is 4.98 Å². The Labute approximate surface area is 143 Å². The van der Waals surface area contributed by atoms with Crippen LogP contribution in [0.3, 0.4) is 0 Å². The Bertz CT molecular complexity index is 510. The third-order valence-corrected chi connectivity index (χ3v) is 4.41. The van der Waals surface area contributed by atoms with Gasteiger partial charge in [-0.05, 0) is 27.7 Å². The monoisotopic (exact) mass is 339 g/mol. The van der Waals surface area contributed by atoms with E-state index in [2.05, 4.69) is 22.2 Å². The lowest BCUT2D eigenvalue weighted by atomic mass is 10.4. The van der Waals surface area contributed by atoms with Crippen molar-refractivity contribution in [2.75, 3.05) is 39.8 Å². The fourth-order valence-corrected chi connectivity index (χ4v) is 2.97. The molecule has 0 bridgehead atoms. The van der Waals surface area contributed by atoms with Crippen LogP contribution in [0.25, 0.3) is 0 Å². The summed E-state index contributed by atoms with van der Waals surface area (Å²) in [6, 6.07) is 0. The molecule has 0 aliphatic carbocycles. The Morgan fingerprint density at radius 3 is 2.57 bits per heavy atom. The smallest absolute Gasteiger partial charge is 0.242 e. The van der Waals surface area contributed by atoms with E-state index in [1.54, 1.807) is 11.3 Å². The molecule has 1 amide bonds. The van der Waals surface area contributed by atoms with Crippen LogP contribution in [0.4, 0.5) is 0 Å². The van der Waals surface area contributed by atoms with Crippen molar-refractivity contribution in [3.63, 3.8) is 0 Å². The first kappa shape index (κ1) is 19.4. The number of guanidine groups is 1. The molecule has 6 nitrogen and oxygen atoms in total. The number of aliphatic imine (C=N–C) groups is 1. The predicted octanol–water partition coefficient (Wildman–Crippen LogP) is 1.76. The number of hydrogen-bond acceptors (Lipinski definition) is 4. The highest BCUT2D eigenvalue weighted by Gasteiger charge is 2.14. The van der Waals surface area contributed by atoms with Crippen LogP contribution in [0, 0.1) is 6.92 Å². The van der Waals surface area contributed by atoms with Crippen molar-refractivity contribution in [3.05, 3.63) is 16.1 Å². The van der Waals surface area contributed by atoms with Crippen LogP contribution in [0.5, 0.6) is 0 Å². The lowest BCUT2D eigenvalue weighted by molar-refractivity contribution is -0.131. The Kier molecular flexibility index (Phi) is 8.61. The summed E-state index contributed by atoms with van der Waals surface area (Å²) in [6.45, 7) is 11.3. The topological polar surface area (TPSA) is 60.8 Å². The number of thiazole rings is 1. The Balaban J connectivity index is 2.60. The maximum atomic E-state index is 12.2. The van der Waals surface area contributed by atoms with Gasteiger partial charge in [-0.3, -0.25) is 9.79 Å². The normalized spacial score (nSPS) is 11.4. The van der Waals surface area contributed by atoms with E-state index in [9.17, 15) is 4.79 Å². The second-order valence-electron chi connectivity index (χ2n) is 5.27. The maximum Gasteiger partial charge on any atom is 0.242 e. The van der Waals surface area contributed by atoms with Crippen molar-refractivity contribution in [1.29, 1.82) is 0 Å². The molecule has 0 atom stereocenters. The standard InChI is InChI=1S/C16H29N5OS/c1-6-17-16(18-10-9-14-19-11-13(4)23-14)20(5)12-15(22)21(7-2)8-3/h11H,6-10,12H2,1-5H3,(H,17,18). The maximum absolute atomic E-state index is 12.2. The molecule has 0 saturated heterocycles. The summed E-state index contributed by atoms with van der Waals surface area (Å²) in [5, 5.41) is 4.34. The van der Waals surface area contributed by atoms with Crippen LogP contribution < -0.4 is 5.32 Å². The van der Waals surface area contributed by atoms with Crippen LogP contribution in [0.15, 0.2) is 11.2 Å². The average molecular weight is 340 g/mol. The van der Waals surface area contributed by atoms with Crippen LogP contribution in [0.1, 0.15) is 30.7 Å². The highest BCUT2D eigenvalue weighted by Crippen LogP contribution is 2.11. The number of nitrogens with one attached hydrogen (secondary N) is 1. The summed E-state index contributed by atoms with van der Waals surface area (Å²) in [6.07, 6.45) is 2.72. The van der Waals surface area contributed by atoms with Gasteiger partial charge in [0, 0.05) is 50.7 Å². The molecule has 1 N–H and O–H groups in total. The van der Waals surface area contributed by atoms with Crippen LogP contribution >= 0.6 is 11.3 Å². The molecule has 1 rings (SSSR count). The minimum absolute atomic E-state index is 0.124. The Morgan fingerprint density at radius 2 is 2.04 bits per heavy atom. The van der Waals surface area contributed by atoms with E-state index in [1.165, 1.54) is 4.88 Å².